The molecule has 4 rings (SSSR count). The molecule has 3 aliphatic rings. The van der Waals surface area contributed by atoms with Crippen molar-refractivity contribution in [3.8, 4) is 0 Å². The number of carbonyl (C=O) groups excluding carboxylic acids is 3. The van der Waals surface area contributed by atoms with Gasteiger partial charge in [-0.2, -0.15) is 0 Å². The van der Waals surface area contributed by atoms with E-state index in [0.717, 1.165) is 30.5 Å². The number of piperidine rings is 1. The minimum atomic E-state index is -0.579. The quantitative estimate of drug-likeness (QED) is 0.616. The van der Waals surface area contributed by atoms with Crippen LogP contribution in [0.5, 0.6) is 0 Å². The molecule has 2 saturated heterocycles. The Morgan fingerprint density at radius 2 is 2.04 bits per heavy atom. The van der Waals surface area contributed by atoms with Crippen molar-refractivity contribution < 1.29 is 19.1 Å². The third-order valence-corrected chi connectivity index (χ3v) is 5.88. The van der Waals surface area contributed by atoms with Crippen LogP contribution in [0.2, 0.25) is 0 Å². The van der Waals surface area contributed by atoms with E-state index in [4.69, 9.17) is 10.5 Å². The number of ether oxygens (including phenoxy) is 1. The van der Waals surface area contributed by atoms with Gasteiger partial charge in [0.05, 0.1) is 0 Å². The van der Waals surface area contributed by atoms with E-state index >= 15 is 0 Å². The van der Waals surface area contributed by atoms with Crippen molar-refractivity contribution in [2.75, 3.05) is 19.8 Å². The van der Waals surface area contributed by atoms with Crippen molar-refractivity contribution in [3.63, 3.8) is 0 Å². The fourth-order valence-electron chi connectivity index (χ4n) is 4.15. The maximum absolute atomic E-state index is 12.7. The molecule has 3 heterocycles. The van der Waals surface area contributed by atoms with E-state index in [-0.39, 0.29) is 29.7 Å². The molecular formula is C20H26N4O4. The topological polar surface area (TPSA) is 114 Å². The Morgan fingerprint density at radius 1 is 1.25 bits per heavy atom. The zero-order chi connectivity index (χ0) is 19.7. The molecule has 1 aromatic carbocycles. The van der Waals surface area contributed by atoms with Gasteiger partial charge in [-0.3, -0.25) is 19.7 Å². The number of benzene rings is 1. The van der Waals surface area contributed by atoms with Crippen LogP contribution in [0, 0.1) is 0 Å². The Balaban J connectivity index is 1.38. The van der Waals surface area contributed by atoms with Gasteiger partial charge in [0.2, 0.25) is 11.8 Å². The first-order valence-corrected chi connectivity index (χ1v) is 9.79. The average molecular weight is 386 g/mol. The molecule has 2 fully saturated rings. The zero-order valence-electron chi connectivity index (χ0n) is 15.8. The Kier molecular flexibility index (Phi) is 5.18. The number of rotatable bonds is 5. The Morgan fingerprint density at radius 3 is 2.79 bits per heavy atom. The number of carbonyl (C=O) groups is 3. The number of amides is 3. The number of nitrogens with one attached hydrogen (secondary N) is 2. The van der Waals surface area contributed by atoms with Crippen LogP contribution in [-0.4, -0.2) is 54.0 Å². The minimum Gasteiger partial charge on any atom is -0.381 e. The molecule has 8 nitrogen and oxygen atoms in total. The molecule has 1 aromatic rings. The molecule has 0 aromatic heterocycles. The van der Waals surface area contributed by atoms with Gasteiger partial charge in [-0.15, -0.1) is 0 Å². The van der Waals surface area contributed by atoms with Gasteiger partial charge in [-0.1, -0.05) is 12.1 Å². The summed E-state index contributed by atoms with van der Waals surface area (Å²) in [5.41, 5.74) is 8.80. The maximum Gasteiger partial charge on any atom is 0.255 e. The number of hydrogen-bond acceptors (Lipinski definition) is 6. The van der Waals surface area contributed by atoms with Gasteiger partial charge in [0.25, 0.3) is 5.91 Å². The number of nitrogens with two attached hydrogens (primary N) is 1. The van der Waals surface area contributed by atoms with E-state index in [1.807, 2.05) is 18.2 Å². The molecule has 0 bridgehead atoms. The summed E-state index contributed by atoms with van der Waals surface area (Å²) >= 11 is 0. The third kappa shape index (κ3) is 3.80. The standard InChI is InChI=1S/C20H26N4O4/c21-20(5-7-28-8-6-20)12-22-10-13-1-2-15-14(9-13)11-24(19(15)27)16-3-4-17(25)23-18(16)26/h1-2,9,16,22H,3-8,10-12,21H2,(H,23,25,26). The summed E-state index contributed by atoms with van der Waals surface area (Å²) in [6.07, 6.45) is 2.33. The number of hydrogen-bond donors (Lipinski definition) is 3. The molecule has 150 valence electrons. The van der Waals surface area contributed by atoms with Crippen LogP contribution in [-0.2, 0) is 27.4 Å². The molecule has 8 heteroatoms. The van der Waals surface area contributed by atoms with Gasteiger partial charge in [0.1, 0.15) is 6.04 Å². The lowest BCUT2D eigenvalue weighted by molar-refractivity contribution is -0.136. The summed E-state index contributed by atoms with van der Waals surface area (Å²) in [6, 6.07) is 5.20. The van der Waals surface area contributed by atoms with Crippen LogP contribution in [0.4, 0.5) is 0 Å². The first-order valence-electron chi connectivity index (χ1n) is 9.79. The second-order valence-electron chi connectivity index (χ2n) is 7.97. The first-order chi connectivity index (χ1) is 13.5. The van der Waals surface area contributed by atoms with Crippen LogP contribution < -0.4 is 16.4 Å². The molecule has 0 radical (unpaired) electrons. The molecule has 28 heavy (non-hydrogen) atoms. The Labute approximate surface area is 163 Å². The van der Waals surface area contributed by atoms with Crippen molar-refractivity contribution in [2.24, 2.45) is 5.73 Å². The number of nitrogens with zero attached hydrogens (tertiary/aromatic N) is 1. The number of imide groups is 1. The van der Waals surface area contributed by atoms with E-state index < -0.39 is 6.04 Å². The Hall–Kier alpha value is -2.29. The molecule has 1 atom stereocenters. The van der Waals surface area contributed by atoms with Crippen LogP contribution in [0.15, 0.2) is 18.2 Å². The summed E-state index contributed by atoms with van der Waals surface area (Å²) < 4.78 is 5.37. The van der Waals surface area contributed by atoms with E-state index in [9.17, 15) is 14.4 Å². The minimum absolute atomic E-state index is 0.146. The van der Waals surface area contributed by atoms with Crippen molar-refractivity contribution in [2.45, 2.75) is 50.4 Å². The van der Waals surface area contributed by atoms with Gasteiger partial charge < -0.3 is 20.7 Å². The molecular weight excluding hydrogens is 360 g/mol. The summed E-state index contributed by atoms with van der Waals surface area (Å²) in [6.45, 7) is 3.19. The first kappa shape index (κ1) is 19.0. The summed E-state index contributed by atoms with van der Waals surface area (Å²) in [5.74, 6) is -0.808. The number of fused-ring (bicyclic) bond motifs is 1. The largest absolute Gasteiger partial charge is 0.381 e. The summed E-state index contributed by atoms with van der Waals surface area (Å²) in [7, 11) is 0. The highest BCUT2D eigenvalue weighted by atomic mass is 16.5. The Bertz CT molecular complexity index is 803. The zero-order valence-corrected chi connectivity index (χ0v) is 15.8. The predicted molar refractivity (Wildman–Crippen MR) is 101 cm³/mol. The second-order valence-corrected chi connectivity index (χ2v) is 7.97. The van der Waals surface area contributed by atoms with Crippen molar-refractivity contribution in [3.05, 3.63) is 34.9 Å². The average Bonchev–Trinajstić information content (AvgIpc) is 2.98. The van der Waals surface area contributed by atoms with Gasteiger partial charge in [-0.05, 0) is 36.5 Å². The van der Waals surface area contributed by atoms with Crippen molar-refractivity contribution in [1.29, 1.82) is 0 Å². The molecule has 0 aliphatic carbocycles. The lowest BCUT2D eigenvalue weighted by Crippen LogP contribution is -2.52. The maximum atomic E-state index is 12.7. The molecule has 3 aliphatic heterocycles. The normalized spacial score (nSPS) is 24.2. The molecule has 4 N–H and O–H groups in total. The van der Waals surface area contributed by atoms with Crippen LogP contribution in [0.1, 0.15) is 47.2 Å². The van der Waals surface area contributed by atoms with E-state index in [2.05, 4.69) is 10.6 Å². The fraction of sp³-hybridized carbons (Fsp3) is 0.550. The molecule has 0 saturated carbocycles. The molecule has 3 amide bonds. The van der Waals surface area contributed by atoms with Crippen LogP contribution in [0.3, 0.4) is 0 Å². The summed E-state index contributed by atoms with van der Waals surface area (Å²) in [4.78, 5) is 37.8. The third-order valence-electron chi connectivity index (χ3n) is 5.88. The molecule has 0 spiro atoms. The van der Waals surface area contributed by atoms with Crippen LogP contribution >= 0.6 is 0 Å². The lowest BCUT2D eigenvalue weighted by Gasteiger charge is -2.33. The highest BCUT2D eigenvalue weighted by molar-refractivity contribution is 6.05. The fourth-order valence-corrected chi connectivity index (χ4v) is 4.15. The van der Waals surface area contributed by atoms with Crippen LogP contribution in [0.25, 0.3) is 0 Å². The smallest absolute Gasteiger partial charge is 0.255 e. The summed E-state index contributed by atoms with van der Waals surface area (Å²) in [5, 5.41) is 5.75. The van der Waals surface area contributed by atoms with E-state index in [1.54, 1.807) is 4.90 Å². The predicted octanol–water partition coefficient (Wildman–Crippen LogP) is 0.0451. The monoisotopic (exact) mass is 386 g/mol. The second kappa shape index (κ2) is 7.62. The SMILES string of the molecule is NC1(CNCc2ccc3c(c2)CN(C2CCC(=O)NC2=O)C3=O)CCOCC1. The van der Waals surface area contributed by atoms with Crippen molar-refractivity contribution in [1.82, 2.24) is 15.5 Å². The molecule has 1 unspecified atom stereocenters. The van der Waals surface area contributed by atoms with Crippen molar-refractivity contribution >= 4 is 17.7 Å². The highest BCUT2D eigenvalue weighted by Crippen LogP contribution is 2.28. The van der Waals surface area contributed by atoms with E-state index in [0.29, 0.717) is 38.3 Å². The van der Waals surface area contributed by atoms with Gasteiger partial charge in [0, 0.05) is 50.4 Å². The van der Waals surface area contributed by atoms with E-state index in [1.165, 1.54) is 0 Å². The van der Waals surface area contributed by atoms with Gasteiger partial charge in [-0.25, -0.2) is 0 Å². The van der Waals surface area contributed by atoms with Gasteiger partial charge in [0.15, 0.2) is 0 Å². The highest BCUT2D eigenvalue weighted by Gasteiger charge is 2.39. The van der Waals surface area contributed by atoms with Gasteiger partial charge >= 0.3 is 0 Å². The lowest BCUT2D eigenvalue weighted by atomic mass is 9.91.